The Morgan fingerprint density at radius 1 is 0.647 bits per heavy atom. The van der Waals surface area contributed by atoms with E-state index in [-0.39, 0.29) is 13.2 Å². The fourth-order valence-electron chi connectivity index (χ4n) is 2.06. The van der Waals surface area contributed by atoms with Crippen molar-refractivity contribution in [2.75, 3.05) is 26.4 Å². The van der Waals surface area contributed by atoms with Crippen LogP contribution in [0.4, 0.5) is 9.59 Å². The van der Waals surface area contributed by atoms with E-state index in [2.05, 4.69) is 32.1 Å². The van der Waals surface area contributed by atoms with Crippen molar-refractivity contribution < 1.29 is 67.4 Å². The second kappa shape index (κ2) is 13.5. The Bertz CT molecular complexity index is 918. The predicted molar refractivity (Wildman–Crippen MR) is 107 cm³/mol. The lowest BCUT2D eigenvalue weighted by molar-refractivity contribution is -0.139. The molecule has 182 valence electrons. The number of hydrogen-bond acceptors (Lipinski definition) is 12. The molecule has 0 radical (unpaired) electrons. The third-order valence-corrected chi connectivity index (χ3v) is 3.37. The van der Waals surface area contributed by atoms with Gasteiger partial charge in [0.15, 0.2) is 11.5 Å². The molecule has 14 heteroatoms. The van der Waals surface area contributed by atoms with E-state index in [1.807, 2.05) is 0 Å². The fraction of sp³-hybridized carbons (Fsp3) is 0.200. The van der Waals surface area contributed by atoms with Crippen molar-refractivity contribution in [3.63, 3.8) is 0 Å². The van der Waals surface area contributed by atoms with Crippen molar-refractivity contribution >= 4 is 36.2 Å². The summed E-state index contributed by atoms with van der Waals surface area (Å²) >= 11 is 0. The Balaban J connectivity index is 3.18. The summed E-state index contributed by atoms with van der Waals surface area (Å²) in [5.74, 6) is -5.47. The van der Waals surface area contributed by atoms with Crippen LogP contribution in [0.2, 0.25) is 0 Å². The highest BCUT2D eigenvalue weighted by Gasteiger charge is 2.26. The Labute approximate surface area is 190 Å². The zero-order valence-corrected chi connectivity index (χ0v) is 17.3. The van der Waals surface area contributed by atoms with Crippen LogP contribution < -0.4 is 9.47 Å². The third kappa shape index (κ3) is 9.09. The number of carboxylic acid groups (broad SMARTS) is 2. The van der Waals surface area contributed by atoms with Gasteiger partial charge in [-0.05, 0) is 6.07 Å². The van der Waals surface area contributed by atoms with E-state index in [1.165, 1.54) is 0 Å². The molecule has 0 unspecified atom stereocenters. The van der Waals surface area contributed by atoms with Gasteiger partial charge in [0, 0.05) is 18.2 Å². The van der Waals surface area contributed by atoms with E-state index < -0.39 is 72.0 Å². The first-order valence-electron chi connectivity index (χ1n) is 9.01. The normalized spacial score (nSPS) is 9.65. The van der Waals surface area contributed by atoms with Crippen molar-refractivity contribution in [3.05, 3.63) is 48.6 Å². The summed E-state index contributed by atoms with van der Waals surface area (Å²) in [5.41, 5.74) is -1.25. The van der Waals surface area contributed by atoms with Crippen LogP contribution in [0.1, 0.15) is 20.7 Å². The number of benzene rings is 1. The molecule has 1 rings (SSSR count). The topological polar surface area (TPSA) is 198 Å². The average Bonchev–Trinajstić information content (AvgIpc) is 2.78. The van der Waals surface area contributed by atoms with Gasteiger partial charge in [0.25, 0.3) is 0 Å². The Kier molecular flexibility index (Phi) is 10.8. The minimum atomic E-state index is -1.88. The van der Waals surface area contributed by atoms with Crippen LogP contribution >= 0.6 is 0 Å². The monoisotopic (exact) mass is 482 g/mol. The summed E-state index contributed by atoms with van der Waals surface area (Å²) in [5, 5.41) is 17.8. The first kappa shape index (κ1) is 27.2. The zero-order chi connectivity index (χ0) is 25.7. The minimum absolute atomic E-state index is 0.371. The Hall–Kier alpha value is -4.88. The van der Waals surface area contributed by atoms with Gasteiger partial charge in [-0.25, -0.2) is 28.8 Å². The SMILES string of the molecule is C=CC(=O)OCCOC(=O)c1cc(C(=O)OCCOC(=O)C=C)c(OC(=O)O)cc1OC(=O)O. The lowest BCUT2D eigenvalue weighted by Gasteiger charge is -2.14. The smallest absolute Gasteiger partial charge is 0.459 e. The highest BCUT2D eigenvalue weighted by atomic mass is 16.7. The van der Waals surface area contributed by atoms with Crippen LogP contribution in [0.25, 0.3) is 0 Å². The number of carbonyl (C=O) groups is 6. The van der Waals surface area contributed by atoms with E-state index in [4.69, 9.17) is 19.7 Å². The molecule has 0 spiro atoms. The summed E-state index contributed by atoms with van der Waals surface area (Å²) in [4.78, 5) is 68.8. The van der Waals surface area contributed by atoms with Gasteiger partial charge in [-0.2, -0.15) is 0 Å². The van der Waals surface area contributed by atoms with E-state index in [1.54, 1.807) is 0 Å². The molecule has 0 amide bonds. The van der Waals surface area contributed by atoms with Crippen molar-refractivity contribution in [2.24, 2.45) is 0 Å². The predicted octanol–water partition coefficient (Wildman–Crippen LogP) is 1.57. The zero-order valence-electron chi connectivity index (χ0n) is 17.3. The maximum atomic E-state index is 12.4. The summed E-state index contributed by atoms with van der Waals surface area (Å²) in [6.07, 6.45) is -2.01. The largest absolute Gasteiger partial charge is 0.511 e. The average molecular weight is 482 g/mol. The highest BCUT2D eigenvalue weighted by Crippen LogP contribution is 2.31. The van der Waals surface area contributed by atoms with Crippen LogP contribution in [0.5, 0.6) is 11.5 Å². The molecule has 0 saturated heterocycles. The molecule has 0 fully saturated rings. The first-order chi connectivity index (χ1) is 16.1. The fourth-order valence-corrected chi connectivity index (χ4v) is 2.06. The van der Waals surface area contributed by atoms with Crippen LogP contribution in [-0.4, -0.2) is 72.8 Å². The van der Waals surface area contributed by atoms with Crippen molar-refractivity contribution in [2.45, 2.75) is 0 Å². The summed E-state index contributed by atoms with van der Waals surface area (Å²) in [6.45, 7) is 4.68. The van der Waals surface area contributed by atoms with E-state index in [9.17, 15) is 28.8 Å². The Morgan fingerprint density at radius 2 is 1.00 bits per heavy atom. The molecular formula is C20H18O14. The van der Waals surface area contributed by atoms with Crippen molar-refractivity contribution in [1.82, 2.24) is 0 Å². The van der Waals surface area contributed by atoms with Gasteiger partial charge < -0.3 is 38.6 Å². The maximum absolute atomic E-state index is 12.4. The number of hydrogen-bond donors (Lipinski definition) is 2. The second-order valence-electron chi connectivity index (χ2n) is 5.60. The summed E-state index contributed by atoms with van der Waals surface area (Å²) in [7, 11) is 0. The molecule has 0 aromatic heterocycles. The highest BCUT2D eigenvalue weighted by molar-refractivity contribution is 6.00. The lowest BCUT2D eigenvalue weighted by Crippen LogP contribution is -2.18. The van der Waals surface area contributed by atoms with Gasteiger partial charge in [0.05, 0.1) is 0 Å². The second-order valence-corrected chi connectivity index (χ2v) is 5.60. The molecule has 0 heterocycles. The molecule has 14 nitrogen and oxygen atoms in total. The molecule has 0 atom stereocenters. The van der Waals surface area contributed by atoms with E-state index >= 15 is 0 Å². The molecular weight excluding hydrogens is 464 g/mol. The van der Waals surface area contributed by atoms with Crippen LogP contribution in [0.15, 0.2) is 37.4 Å². The van der Waals surface area contributed by atoms with Gasteiger partial charge >= 0.3 is 36.2 Å². The molecule has 0 aliphatic carbocycles. The van der Waals surface area contributed by atoms with E-state index in [0.717, 1.165) is 12.2 Å². The van der Waals surface area contributed by atoms with E-state index in [0.29, 0.717) is 12.1 Å². The number of ether oxygens (including phenoxy) is 6. The van der Waals surface area contributed by atoms with Gasteiger partial charge in [-0.15, -0.1) is 0 Å². The van der Waals surface area contributed by atoms with Crippen molar-refractivity contribution in [3.8, 4) is 11.5 Å². The summed E-state index contributed by atoms with van der Waals surface area (Å²) in [6, 6.07) is 1.36. The maximum Gasteiger partial charge on any atom is 0.511 e. The molecule has 34 heavy (non-hydrogen) atoms. The van der Waals surface area contributed by atoms with Crippen molar-refractivity contribution in [1.29, 1.82) is 0 Å². The first-order valence-corrected chi connectivity index (χ1v) is 9.01. The van der Waals surface area contributed by atoms with Crippen LogP contribution in [0.3, 0.4) is 0 Å². The van der Waals surface area contributed by atoms with Gasteiger partial charge in [0.1, 0.15) is 37.6 Å². The number of rotatable bonds is 12. The van der Waals surface area contributed by atoms with Gasteiger partial charge in [0.2, 0.25) is 0 Å². The standard InChI is InChI=1S/C20H18O14/c1-3-15(21)29-5-7-31-17(23)11-9-12(18(24)32-8-6-30-16(22)4-2)14(34-20(27)28)10-13(11)33-19(25)26/h3-4,9-10H,1-2,5-8H2,(H,25,26)(H,27,28). The molecule has 0 aliphatic rings. The van der Waals surface area contributed by atoms with Gasteiger partial charge in [-0.1, -0.05) is 13.2 Å². The van der Waals surface area contributed by atoms with Crippen LogP contribution in [0, 0.1) is 0 Å². The Morgan fingerprint density at radius 3 is 1.32 bits per heavy atom. The van der Waals surface area contributed by atoms with Crippen LogP contribution in [-0.2, 0) is 28.5 Å². The molecule has 1 aromatic carbocycles. The lowest BCUT2D eigenvalue weighted by atomic mass is 10.1. The van der Waals surface area contributed by atoms with Gasteiger partial charge in [-0.3, -0.25) is 0 Å². The molecule has 0 saturated carbocycles. The molecule has 0 bridgehead atoms. The summed E-state index contributed by atoms with van der Waals surface area (Å²) < 4.78 is 27.8. The quantitative estimate of drug-likeness (QED) is 0.143. The molecule has 0 aliphatic heterocycles. The number of carbonyl (C=O) groups excluding carboxylic acids is 4. The third-order valence-electron chi connectivity index (χ3n) is 3.37. The number of esters is 4. The molecule has 2 N–H and O–H groups in total. The molecule has 1 aromatic rings. The minimum Gasteiger partial charge on any atom is -0.459 e.